The molecule has 1 N–H and O–H groups in total. The van der Waals surface area contributed by atoms with Gasteiger partial charge < -0.3 is 9.84 Å². The third-order valence-corrected chi connectivity index (χ3v) is 0.786. The lowest BCUT2D eigenvalue weighted by atomic mass is 10.2. The van der Waals surface area contributed by atoms with Crippen LogP contribution in [0.25, 0.3) is 0 Å². The zero-order valence-electron chi connectivity index (χ0n) is 5.86. The lowest BCUT2D eigenvalue weighted by molar-refractivity contribution is -0.127. The first-order chi connectivity index (χ1) is 4.77. The molecule has 0 bridgehead atoms. The predicted octanol–water partition coefficient (Wildman–Crippen LogP) is 0.153. The molecular formula is C7H11O3. The van der Waals surface area contributed by atoms with Crippen LogP contribution >= 0.6 is 0 Å². The van der Waals surface area contributed by atoms with Crippen molar-refractivity contribution in [2.45, 2.75) is 13.0 Å². The van der Waals surface area contributed by atoms with Crippen molar-refractivity contribution >= 4 is 6.47 Å². The molecule has 0 spiro atoms. The molecule has 0 aromatic heterocycles. The second-order valence-electron chi connectivity index (χ2n) is 1.79. The van der Waals surface area contributed by atoms with Crippen LogP contribution in [0.1, 0.15) is 6.92 Å². The third-order valence-electron chi connectivity index (χ3n) is 0.786. The monoisotopic (exact) mass is 143 g/mol. The molecule has 1 atom stereocenters. The molecular weight excluding hydrogens is 132 g/mol. The largest absolute Gasteiger partial charge is 0.468 e. The van der Waals surface area contributed by atoms with Crippen LogP contribution in [0.3, 0.4) is 0 Å². The molecule has 0 aliphatic heterocycles. The minimum Gasteiger partial charge on any atom is -0.468 e. The van der Waals surface area contributed by atoms with Crippen LogP contribution in [0.5, 0.6) is 0 Å². The molecule has 0 heterocycles. The summed E-state index contributed by atoms with van der Waals surface area (Å²) in [7, 11) is 0. The smallest absolute Gasteiger partial charge is 0.293 e. The Bertz CT molecular complexity index is 80.9. The number of hydrogen-bond donors (Lipinski definition) is 1. The van der Waals surface area contributed by atoms with Crippen LogP contribution in [0, 0.1) is 19.3 Å². The second kappa shape index (κ2) is 6.55. The van der Waals surface area contributed by atoms with Gasteiger partial charge in [-0.05, 0) is 19.8 Å². The molecule has 1 unspecified atom stereocenters. The van der Waals surface area contributed by atoms with Crippen molar-refractivity contribution in [2.75, 3.05) is 6.61 Å². The average molecular weight is 143 g/mol. The fourth-order valence-electron chi connectivity index (χ4n) is 0.390. The van der Waals surface area contributed by atoms with E-state index in [1.165, 1.54) is 0 Å². The summed E-state index contributed by atoms with van der Waals surface area (Å²) in [6.07, 6.45) is 4.43. The Morgan fingerprint density at radius 3 is 2.90 bits per heavy atom. The highest BCUT2D eigenvalue weighted by atomic mass is 16.5. The zero-order valence-corrected chi connectivity index (χ0v) is 5.86. The summed E-state index contributed by atoms with van der Waals surface area (Å²) in [4.78, 5) is 9.59. The Morgan fingerprint density at radius 1 is 1.70 bits per heavy atom. The molecule has 0 aromatic rings. The SMILES string of the molecule is CC(O)[CH][CH][CH]COC=O. The lowest BCUT2D eigenvalue weighted by Gasteiger charge is -2.00. The van der Waals surface area contributed by atoms with Gasteiger partial charge in [-0.25, -0.2) is 0 Å². The molecule has 3 radical (unpaired) electrons. The van der Waals surface area contributed by atoms with Gasteiger partial charge in [-0.1, -0.05) is 0 Å². The van der Waals surface area contributed by atoms with E-state index in [-0.39, 0.29) is 6.61 Å². The van der Waals surface area contributed by atoms with Gasteiger partial charge in [0.25, 0.3) is 6.47 Å². The minimum absolute atomic E-state index is 0.257. The number of ether oxygens (including phenoxy) is 1. The summed E-state index contributed by atoms with van der Waals surface area (Å²) in [5, 5.41) is 8.69. The second-order valence-corrected chi connectivity index (χ2v) is 1.79. The fraction of sp³-hybridized carbons (Fsp3) is 0.429. The van der Waals surface area contributed by atoms with Crippen molar-refractivity contribution in [3.05, 3.63) is 19.3 Å². The number of carbonyl (C=O) groups excluding carboxylic acids is 1. The molecule has 0 aliphatic carbocycles. The molecule has 10 heavy (non-hydrogen) atoms. The minimum atomic E-state index is -0.451. The fourth-order valence-corrected chi connectivity index (χ4v) is 0.390. The Labute approximate surface area is 61.0 Å². The Kier molecular flexibility index (Phi) is 6.18. The highest BCUT2D eigenvalue weighted by Crippen LogP contribution is 1.95. The van der Waals surface area contributed by atoms with Crippen LogP contribution in [-0.4, -0.2) is 24.3 Å². The Balaban J connectivity index is 2.83. The first-order valence-corrected chi connectivity index (χ1v) is 3.00. The van der Waals surface area contributed by atoms with E-state index >= 15 is 0 Å². The highest BCUT2D eigenvalue weighted by molar-refractivity contribution is 5.37. The topological polar surface area (TPSA) is 46.5 Å². The van der Waals surface area contributed by atoms with Gasteiger partial charge in [0.15, 0.2) is 0 Å². The summed E-state index contributed by atoms with van der Waals surface area (Å²) < 4.78 is 4.35. The molecule has 3 heteroatoms. The number of hydrogen-bond acceptors (Lipinski definition) is 3. The van der Waals surface area contributed by atoms with Crippen LogP contribution < -0.4 is 0 Å². The van der Waals surface area contributed by atoms with Gasteiger partial charge in [0.2, 0.25) is 0 Å². The molecule has 3 nitrogen and oxygen atoms in total. The van der Waals surface area contributed by atoms with E-state index in [1.807, 2.05) is 0 Å². The zero-order chi connectivity index (χ0) is 7.82. The first kappa shape index (κ1) is 9.43. The number of carbonyl (C=O) groups is 1. The highest BCUT2D eigenvalue weighted by Gasteiger charge is 1.95. The molecule has 0 saturated carbocycles. The van der Waals surface area contributed by atoms with E-state index in [2.05, 4.69) is 4.74 Å². The van der Waals surface area contributed by atoms with E-state index in [0.29, 0.717) is 6.47 Å². The summed E-state index contributed by atoms with van der Waals surface area (Å²) >= 11 is 0. The summed E-state index contributed by atoms with van der Waals surface area (Å²) in [6, 6.07) is 0. The van der Waals surface area contributed by atoms with Crippen LogP contribution in [0.15, 0.2) is 0 Å². The maximum Gasteiger partial charge on any atom is 0.293 e. The van der Waals surface area contributed by atoms with Crippen LogP contribution in [0.2, 0.25) is 0 Å². The van der Waals surface area contributed by atoms with E-state index in [4.69, 9.17) is 5.11 Å². The quantitative estimate of drug-likeness (QED) is 0.425. The molecule has 0 saturated heterocycles. The molecule has 0 aromatic carbocycles. The van der Waals surface area contributed by atoms with Crippen molar-refractivity contribution in [2.24, 2.45) is 0 Å². The predicted molar refractivity (Wildman–Crippen MR) is 36.6 cm³/mol. The van der Waals surface area contributed by atoms with Crippen molar-refractivity contribution < 1.29 is 14.6 Å². The van der Waals surface area contributed by atoms with Gasteiger partial charge in [-0.3, -0.25) is 4.79 Å². The van der Waals surface area contributed by atoms with Gasteiger partial charge in [0.05, 0.1) is 12.7 Å². The molecule has 0 amide bonds. The van der Waals surface area contributed by atoms with Crippen molar-refractivity contribution in [3.8, 4) is 0 Å². The van der Waals surface area contributed by atoms with Crippen molar-refractivity contribution in [3.63, 3.8) is 0 Å². The number of aliphatic hydroxyl groups excluding tert-OH is 1. The Morgan fingerprint density at radius 2 is 2.40 bits per heavy atom. The Hall–Kier alpha value is -0.570. The standard InChI is InChI=1S/C7H11O3/c1-7(9)4-2-3-5-10-6-8/h2-4,6-7,9H,5H2,1H3. The van der Waals surface area contributed by atoms with Gasteiger partial charge in [-0.2, -0.15) is 0 Å². The van der Waals surface area contributed by atoms with Gasteiger partial charge >= 0.3 is 0 Å². The van der Waals surface area contributed by atoms with Gasteiger partial charge in [0, 0.05) is 6.42 Å². The van der Waals surface area contributed by atoms with Crippen LogP contribution in [-0.2, 0) is 9.53 Å². The maximum absolute atomic E-state index is 9.59. The first-order valence-electron chi connectivity index (χ1n) is 3.00. The van der Waals surface area contributed by atoms with E-state index in [9.17, 15) is 4.79 Å². The summed E-state index contributed by atoms with van der Waals surface area (Å²) in [6.45, 7) is 2.28. The maximum atomic E-state index is 9.59. The summed E-state index contributed by atoms with van der Waals surface area (Å²) in [5.41, 5.74) is 0. The third kappa shape index (κ3) is 7.43. The van der Waals surface area contributed by atoms with E-state index in [0.717, 1.165) is 0 Å². The molecule has 0 rings (SSSR count). The van der Waals surface area contributed by atoms with Crippen molar-refractivity contribution in [1.82, 2.24) is 0 Å². The van der Waals surface area contributed by atoms with Crippen LogP contribution in [0.4, 0.5) is 0 Å². The van der Waals surface area contributed by atoms with Crippen molar-refractivity contribution in [1.29, 1.82) is 0 Å². The number of unbranched alkanes of at least 4 members (excludes halogenated alkanes) is 1. The number of aliphatic hydroxyl groups is 1. The van der Waals surface area contributed by atoms with Gasteiger partial charge in [0.1, 0.15) is 0 Å². The summed E-state index contributed by atoms with van der Waals surface area (Å²) in [5.74, 6) is 0. The normalized spacial score (nSPS) is 12.6. The number of rotatable bonds is 6. The molecule has 0 aliphatic rings. The van der Waals surface area contributed by atoms with E-state index < -0.39 is 6.10 Å². The lowest BCUT2D eigenvalue weighted by Crippen LogP contribution is -2.02. The van der Waals surface area contributed by atoms with E-state index in [1.54, 1.807) is 26.2 Å². The average Bonchev–Trinajstić information content (AvgIpc) is 1.87. The molecule has 0 fully saturated rings. The van der Waals surface area contributed by atoms with Gasteiger partial charge in [-0.15, -0.1) is 0 Å². The molecule has 57 valence electrons.